The highest BCUT2D eigenvalue weighted by molar-refractivity contribution is 5.82. The zero-order chi connectivity index (χ0) is 14.4. The van der Waals surface area contributed by atoms with Gasteiger partial charge in [-0.1, -0.05) is 36.4 Å². The molecule has 20 heavy (non-hydrogen) atoms. The van der Waals surface area contributed by atoms with Gasteiger partial charge in [-0.15, -0.1) is 6.58 Å². The zero-order valence-electron chi connectivity index (χ0n) is 11.5. The van der Waals surface area contributed by atoms with E-state index in [0.717, 1.165) is 5.56 Å². The van der Waals surface area contributed by atoms with Gasteiger partial charge in [-0.25, -0.2) is 4.79 Å². The number of Topliss-reactive ketones (excluding diaryl/α,β-unsaturated/α-hetero) is 1. The second-order valence-corrected chi connectivity index (χ2v) is 4.90. The van der Waals surface area contributed by atoms with E-state index in [1.807, 2.05) is 30.3 Å². The van der Waals surface area contributed by atoms with E-state index in [0.29, 0.717) is 25.8 Å². The number of carbonyl (C=O) groups is 2. The Morgan fingerprint density at radius 3 is 2.85 bits per heavy atom. The molecule has 1 aliphatic rings. The molecule has 0 N–H and O–H groups in total. The lowest BCUT2D eigenvalue weighted by atomic mass is 9.99. The molecule has 1 aliphatic heterocycles. The van der Waals surface area contributed by atoms with Gasteiger partial charge >= 0.3 is 6.09 Å². The second-order valence-electron chi connectivity index (χ2n) is 4.90. The first kappa shape index (κ1) is 14.3. The summed E-state index contributed by atoms with van der Waals surface area (Å²) in [5.41, 5.74) is 0.953. The van der Waals surface area contributed by atoms with E-state index in [-0.39, 0.29) is 24.5 Å². The molecule has 1 aromatic rings. The maximum atomic E-state index is 12.1. The van der Waals surface area contributed by atoms with E-state index in [2.05, 4.69) is 6.58 Å². The van der Waals surface area contributed by atoms with Crippen molar-refractivity contribution in [2.24, 2.45) is 0 Å². The van der Waals surface area contributed by atoms with Crippen LogP contribution in [0.2, 0.25) is 0 Å². The van der Waals surface area contributed by atoms with Crippen molar-refractivity contribution in [2.75, 3.05) is 6.54 Å². The van der Waals surface area contributed by atoms with E-state index >= 15 is 0 Å². The van der Waals surface area contributed by atoms with Crippen molar-refractivity contribution in [3.63, 3.8) is 0 Å². The summed E-state index contributed by atoms with van der Waals surface area (Å²) in [6.45, 7) is 4.37. The lowest BCUT2D eigenvalue weighted by Gasteiger charge is -2.33. The normalized spacial score (nSPS) is 18.7. The highest BCUT2D eigenvalue weighted by atomic mass is 16.6. The van der Waals surface area contributed by atoms with E-state index in [1.165, 1.54) is 0 Å². The number of ketones is 1. The molecule has 4 nitrogen and oxygen atoms in total. The first-order valence-electron chi connectivity index (χ1n) is 6.80. The van der Waals surface area contributed by atoms with Gasteiger partial charge < -0.3 is 9.64 Å². The number of carbonyl (C=O) groups excluding carboxylic acids is 2. The molecule has 2 rings (SSSR count). The summed E-state index contributed by atoms with van der Waals surface area (Å²) < 4.78 is 5.32. The summed E-state index contributed by atoms with van der Waals surface area (Å²) in [6.07, 6.45) is 2.81. The molecule has 1 heterocycles. The Morgan fingerprint density at radius 1 is 1.40 bits per heavy atom. The maximum absolute atomic E-state index is 12.1. The third kappa shape index (κ3) is 3.70. The van der Waals surface area contributed by atoms with E-state index in [9.17, 15) is 9.59 Å². The predicted octanol–water partition coefficient (Wildman–Crippen LogP) is 2.93. The molecule has 0 saturated carbocycles. The fraction of sp³-hybridized carbons (Fsp3) is 0.375. The van der Waals surface area contributed by atoms with Crippen molar-refractivity contribution >= 4 is 11.9 Å². The number of rotatable bonds is 4. The molecule has 0 radical (unpaired) electrons. The number of piperidine rings is 1. The Bertz CT molecular complexity index is 484. The van der Waals surface area contributed by atoms with Crippen molar-refractivity contribution < 1.29 is 14.3 Å². The number of likely N-dealkylation sites (tertiary alicyclic amines) is 1. The molecule has 1 atom stereocenters. The highest BCUT2D eigenvalue weighted by Gasteiger charge is 2.30. The predicted molar refractivity (Wildman–Crippen MR) is 76.2 cm³/mol. The summed E-state index contributed by atoms with van der Waals surface area (Å²) in [5.74, 6) is 0.198. The van der Waals surface area contributed by atoms with Crippen LogP contribution in [0, 0.1) is 0 Å². The molecule has 1 amide bonds. The number of amides is 1. The number of benzene rings is 1. The number of ether oxygens (including phenoxy) is 1. The Labute approximate surface area is 119 Å². The quantitative estimate of drug-likeness (QED) is 0.792. The lowest BCUT2D eigenvalue weighted by molar-refractivity contribution is -0.122. The van der Waals surface area contributed by atoms with Crippen LogP contribution in [0.1, 0.15) is 24.8 Å². The Balaban J connectivity index is 1.93. The zero-order valence-corrected chi connectivity index (χ0v) is 11.5. The number of nitrogens with zero attached hydrogens (tertiary/aromatic N) is 1. The molecule has 0 bridgehead atoms. The van der Waals surface area contributed by atoms with Gasteiger partial charge in [-0.3, -0.25) is 4.79 Å². The third-order valence-electron chi connectivity index (χ3n) is 3.41. The molecule has 1 saturated heterocycles. The average molecular weight is 273 g/mol. The number of hydrogen-bond acceptors (Lipinski definition) is 3. The second kappa shape index (κ2) is 6.89. The Kier molecular flexibility index (Phi) is 4.93. The first-order valence-corrected chi connectivity index (χ1v) is 6.80. The molecule has 1 aromatic carbocycles. The molecule has 1 fully saturated rings. The molecular formula is C16H19NO3. The van der Waals surface area contributed by atoms with Crippen molar-refractivity contribution in [1.29, 1.82) is 0 Å². The van der Waals surface area contributed by atoms with Crippen LogP contribution in [0.5, 0.6) is 0 Å². The summed E-state index contributed by atoms with van der Waals surface area (Å²) in [5, 5.41) is 0. The van der Waals surface area contributed by atoms with Crippen LogP contribution in [0.15, 0.2) is 43.0 Å². The standard InChI is InChI=1S/C16H19NO3/c1-2-6-14-11-15(18)9-10-17(14)16(19)20-12-13-7-4-3-5-8-13/h2-5,7-8,14H,1,6,9-12H2. The van der Waals surface area contributed by atoms with Crippen molar-refractivity contribution in [2.45, 2.75) is 31.9 Å². The van der Waals surface area contributed by atoms with Crippen LogP contribution in [-0.4, -0.2) is 29.4 Å². The van der Waals surface area contributed by atoms with Crippen LogP contribution in [0.3, 0.4) is 0 Å². The first-order chi connectivity index (χ1) is 9.70. The maximum Gasteiger partial charge on any atom is 0.410 e. The molecule has 1 unspecified atom stereocenters. The van der Waals surface area contributed by atoms with Crippen LogP contribution in [-0.2, 0) is 16.1 Å². The van der Waals surface area contributed by atoms with Gasteiger partial charge in [0.15, 0.2) is 0 Å². The van der Waals surface area contributed by atoms with E-state index in [4.69, 9.17) is 4.74 Å². The van der Waals surface area contributed by atoms with Crippen LogP contribution in [0.25, 0.3) is 0 Å². The van der Waals surface area contributed by atoms with Gasteiger partial charge in [0.1, 0.15) is 12.4 Å². The monoisotopic (exact) mass is 273 g/mol. The minimum atomic E-state index is -0.354. The van der Waals surface area contributed by atoms with Gasteiger partial charge in [0.05, 0.1) is 0 Å². The lowest BCUT2D eigenvalue weighted by Crippen LogP contribution is -2.46. The summed E-state index contributed by atoms with van der Waals surface area (Å²) in [7, 11) is 0. The Morgan fingerprint density at radius 2 is 2.15 bits per heavy atom. The van der Waals surface area contributed by atoms with Gasteiger partial charge in [0, 0.05) is 25.4 Å². The summed E-state index contributed by atoms with van der Waals surface area (Å²) in [6, 6.07) is 9.44. The van der Waals surface area contributed by atoms with E-state index < -0.39 is 0 Å². The fourth-order valence-electron chi connectivity index (χ4n) is 2.35. The summed E-state index contributed by atoms with van der Waals surface area (Å²) >= 11 is 0. The van der Waals surface area contributed by atoms with Crippen LogP contribution >= 0.6 is 0 Å². The topological polar surface area (TPSA) is 46.6 Å². The fourth-order valence-corrected chi connectivity index (χ4v) is 2.35. The molecule has 106 valence electrons. The van der Waals surface area contributed by atoms with Gasteiger partial charge in [-0.2, -0.15) is 0 Å². The minimum Gasteiger partial charge on any atom is -0.445 e. The van der Waals surface area contributed by atoms with Crippen LogP contribution < -0.4 is 0 Å². The minimum absolute atomic E-state index is 0.114. The summed E-state index contributed by atoms with van der Waals surface area (Å²) in [4.78, 5) is 25.2. The molecule has 4 heteroatoms. The smallest absolute Gasteiger partial charge is 0.410 e. The molecule has 0 aromatic heterocycles. The average Bonchev–Trinajstić information content (AvgIpc) is 2.46. The molecule has 0 aliphatic carbocycles. The van der Waals surface area contributed by atoms with Crippen molar-refractivity contribution in [3.8, 4) is 0 Å². The van der Waals surface area contributed by atoms with Crippen molar-refractivity contribution in [1.82, 2.24) is 4.90 Å². The van der Waals surface area contributed by atoms with E-state index in [1.54, 1.807) is 11.0 Å². The van der Waals surface area contributed by atoms with Crippen LogP contribution in [0.4, 0.5) is 4.79 Å². The Hall–Kier alpha value is -2.10. The number of hydrogen-bond donors (Lipinski definition) is 0. The van der Waals surface area contributed by atoms with Gasteiger partial charge in [0.25, 0.3) is 0 Å². The van der Waals surface area contributed by atoms with Gasteiger partial charge in [-0.05, 0) is 12.0 Å². The third-order valence-corrected chi connectivity index (χ3v) is 3.41. The van der Waals surface area contributed by atoms with Gasteiger partial charge in [0.2, 0.25) is 0 Å². The van der Waals surface area contributed by atoms with Crippen molar-refractivity contribution in [3.05, 3.63) is 48.6 Å². The highest BCUT2D eigenvalue weighted by Crippen LogP contribution is 2.19. The largest absolute Gasteiger partial charge is 0.445 e. The molecular weight excluding hydrogens is 254 g/mol. The SMILES string of the molecule is C=CCC1CC(=O)CCN1C(=O)OCc1ccccc1. The molecule has 0 spiro atoms.